The van der Waals surface area contributed by atoms with Gasteiger partial charge in [-0.15, -0.1) is 0 Å². The Labute approximate surface area is 338 Å². The molecule has 1 saturated heterocycles. The van der Waals surface area contributed by atoms with Gasteiger partial charge in [0.15, 0.2) is 23.8 Å². The molecule has 6 rings (SSSR count). The standard InChI is InChI=1S/C40H46N6O9S2/c1-39(2,3)55-38(49)45-29(21-57-56-6)37(48)54-33-32(47)30(53-36(33)46-23-44-31-34(41)42-22-43-35(31)46)20-52-40(24-10-8-7-9-11-24,25-12-16-27(50-4)17-13-25)26-14-18-28(51-5)19-15-26/h7-19,22-23,29-30,32-33,36,47H,20-21H2,1-6H3,(H,45,49)(H2,41,42,43)/t29-,30?,32?,33?,36?/m0/s1. The van der Waals surface area contributed by atoms with Gasteiger partial charge in [0.1, 0.15) is 52.8 Å². The van der Waals surface area contributed by atoms with E-state index in [0.717, 1.165) is 16.7 Å². The zero-order chi connectivity index (χ0) is 40.7. The van der Waals surface area contributed by atoms with Crippen LogP contribution < -0.4 is 20.5 Å². The molecule has 4 unspecified atom stereocenters. The van der Waals surface area contributed by atoms with Crippen LogP contribution in [0.2, 0.25) is 0 Å². The molecule has 57 heavy (non-hydrogen) atoms. The van der Waals surface area contributed by atoms with E-state index in [9.17, 15) is 14.7 Å². The number of benzene rings is 3. The van der Waals surface area contributed by atoms with E-state index in [0.29, 0.717) is 22.7 Å². The minimum atomic E-state index is -1.44. The summed E-state index contributed by atoms with van der Waals surface area (Å²) in [6.45, 7) is 4.97. The molecule has 5 aromatic rings. The van der Waals surface area contributed by atoms with Crippen molar-refractivity contribution in [3.05, 3.63) is 108 Å². The number of hydrogen-bond donors (Lipinski definition) is 3. The number of nitrogens with two attached hydrogens (primary N) is 1. The Kier molecular flexibility index (Phi) is 13.1. The van der Waals surface area contributed by atoms with E-state index >= 15 is 0 Å². The van der Waals surface area contributed by atoms with E-state index in [1.165, 1.54) is 38.8 Å². The fourth-order valence-electron chi connectivity index (χ4n) is 6.52. The van der Waals surface area contributed by atoms with E-state index in [1.54, 1.807) is 35.0 Å². The van der Waals surface area contributed by atoms with Crippen LogP contribution in [-0.2, 0) is 29.3 Å². The van der Waals surface area contributed by atoms with Gasteiger partial charge in [-0.25, -0.2) is 24.5 Å². The summed E-state index contributed by atoms with van der Waals surface area (Å²) in [6.07, 6.45) is -1.22. The molecule has 15 nitrogen and oxygen atoms in total. The number of rotatable bonds is 15. The lowest BCUT2D eigenvalue weighted by Crippen LogP contribution is -2.48. The Hall–Kier alpha value is -5.07. The predicted octanol–water partition coefficient (Wildman–Crippen LogP) is 5.51. The first-order chi connectivity index (χ1) is 27.4. The molecule has 1 fully saturated rings. The smallest absolute Gasteiger partial charge is 0.408 e. The number of hydrogen-bond acceptors (Lipinski definition) is 15. The summed E-state index contributed by atoms with van der Waals surface area (Å²) in [5.74, 6) is 0.791. The maximum Gasteiger partial charge on any atom is 0.408 e. The number of esters is 1. The lowest BCUT2D eigenvalue weighted by atomic mass is 9.80. The molecule has 1 aliphatic heterocycles. The first-order valence-corrected chi connectivity index (χ1v) is 20.7. The molecule has 0 spiro atoms. The van der Waals surface area contributed by atoms with Crippen LogP contribution in [0.5, 0.6) is 11.5 Å². The van der Waals surface area contributed by atoms with Gasteiger partial charge in [0.25, 0.3) is 0 Å². The van der Waals surface area contributed by atoms with E-state index in [2.05, 4.69) is 20.3 Å². The molecule has 17 heteroatoms. The largest absolute Gasteiger partial charge is 0.497 e. The van der Waals surface area contributed by atoms with Crippen LogP contribution in [-0.4, -0.2) is 99.5 Å². The molecule has 3 aromatic carbocycles. The summed E-state index contributed by atoms with van der Waals surface area (Å²) in [5.41, 5.74) is 6.98. The van der Waals surface area contributed by atoms with Gasteiger partial charge in [-0.05, 0) is 68.0 Å². The third-order valence-corrected chi connectivity index (χ3v) is 11.0. The van der Waals surface area contributed by atoms with Crippen LogP contribution in [0.25, 0.3) is 11.2 Å². The number of aliphatic hydroxyl groups excluding tert-OH is 1. The Morgan fingerprint density at radius 3 is 2.12 bits per heavy atom. The highest BCUT2D eigenvalue weighted by Crippen LogP contribution is 2.43. The molecule has 0 saturated carbocycles. The number of carbonyl (C=O) groups excluding carboxylic acids is 2. The normalized spacial score (nSPS) is 18.9. The lowest BCUT2D eigenvalue weighted by Gasteiger charge is -2.37. The Balaban J connectivity index is 1.38. The average Bonchev–Trinajstić information content (AvgIpc) is 3.77. The Bertz CT molecular complexity index is 2070. The summed E-state index contributed by atoms with van der Waals surface area (Å²) >= 11 is 0. The number of amides is 1. The average molecular weight is 819 g/mol. The minimum absolute atomic E-state index is 0.132. The van der Waals surface area contributed by atoms with Crippen molar-refractivity contribution in [1.29, 1.82) is 0 Å². The predicted molar refractivity (Wildman–Crippen MR) is 217 cm³/mol. The zero-order valence-corrected chi connectivity index (χ0v) is 34.0. The van der Waals surface area contributed by atoms with E-state index in [-0.39, 0.29) is 18.2 Å². The van der Waals surface area contributed by atoms with Crippen LogP contribution in [0.4, 0.5) is 10.6 Å². The molecule has 1 aliphatic rings. The number of methoxy groups -OCH3 is 2. The number of fused-ring (bicyclic) bond motifs is 1. The summed E-state index contributed by atoms with van der Waals surface area (Å²) in [4.78, 5) is 39.6. The Morgan fingerprint density at radius 1 is 0.930 bits per heavy atom. The number of alkyl carbamates (subject to hydrolysis) is 1. The second-order valence-electron chi connectivity index (χ2n) is 14.0. The molecule has 0 aliphatic carbocycles. The van der Waals surface area contributed by atoms with Crippen LogP contribution in [0.3, 0.4) is 0 Å². The summed E-state index contributed by atoms with van der Waals surface area (Å²) in [6, 6.07) is 23.6. The first kappa shape index (κ1) is 41.6. The number of nitrogens with one attached hydrogen (secondary N) is 1. The van der Waals surface area contributed by atoms with Gasteiger partial charge in [0.2, 0.25) is 0 Å². The molecule has 0 radical (unpaired) electrons. The van der Waals surface area contributed by atoms with Gasteiger partial charge in [-0.3, -0.25) is 4.57 Å². The number of carbonyl (C=O) groups is 2. The van der Waals surface area contributed by atoms with Crippen LogP contribution >= 0.6 is 21.6 Å². The van der Waals surface area contributed by atoms with Crippen molar-refractivity contribution in [2.75, 3.05) is 38.6 Å². The number of nitrogen functional groups attached to an aromatic ring is 1. The van der Waals surface area contributed by atoms with E-state index in [1.807, 2.05) is 85.1 Å². The second kappa shape index (κ2) is 18.0. The maximum atomic E-state index is 14.0. The van der Waals surface area contributed by atoms with Crippen LogP contribution in [0, 0.1) is 0 Å². The summed E-state index contributed by atoms with van der Waals surface area (Å²) in [7, 11) is 5.95. The van der Waals surface area contributed by atoms with Crippen LogP contribution in [0.1, 0.15) is 43.7 Å². The molecule has 0 bridgehead atoms. The van der Waals surface area contributed by atoms with Gasteiger partial charge in [-0.2, -0.15) is 0 Å². The molecule has 5 atom stereocenters. The fourth-order valence-corrected chi connectivity index (χ4v) is 7.82. The van der Waals surface area contributed by atoms with Crippen molar-refractivity contribution < 1.29 is 43.1 Å². The number of ether oxygens (including phenoxy) is 6. The quantitative estimate of drug-likeness (QED) is 0.0681. The highest BCUT2D eigenvalue weighted by Gasteiger charge is 2.50. The topological polar surface area (TPSA) is 191 Å². The van der Waals surface area contributed by atoms with Crippen molar-refractivity contribution in [3.63, 3.8) is 0 Å². The number of imidazole rings is 1. The lowest BCUT2D eigenvalue weighted by molar-refractivity contribution is -0.160. The van der Waals surface area contributed by atoms with Gasteiger partial charge in [0, 0.05) is 5.75 Å². The summed E-state index contributed by atoms with van der Waals surface area (Å²) in [5, 5.41) is 14.7. The number of anilines is 1. The van der Waals surface area contributed by atoms with Gasteiger partial charge < -0.3 is 44.6 Å². The second-order valence-corrected chi connectivity index (χ2v) is 16.6. The number of nitrogens with zero attached hydrogens (tertiary/aromatic N) is 4. The molecular weight excluding hydrogens is 773 g/mol. The third kappa shape index (κ3) is 9.23. The Morgan fingerprint density at radius 2 is 1.54 bits per heavy atom. The van der Waals surface area contributed by atoms with Gasteiger partial charge in [-0.1, -0.05) is 76.2 Å². The van der Waals surface area contributed by atoms with Crippen molar-refractivity contribution >= 4 is 50.6 Å². The zero-order valence-electron chi connectivity index (χ0n) is 32.4. The van der Waals surface area contributed by atoms with E-state index < -0.39 is 53.8 Å². The molecule has 3 heterocycles. The number of aromatic nitrogens is 4. The van der Waals surface area contributed by atoms with Crippen molar-refractivity contribution in [2.45, 2.75) is 62.6 Å². The van der Waals surface area contributed by atoms with Crippen LogP contribution in [0.15, 0.2) is 91.5 Å². The minimum Gasteiger partial charge on any atom is -0.497 e. The van der Waals surface area contributed by atoms with Gasteiger partial charge in [0.05, 0.1) is 27.2 Å². The number of aliphatic hydroxyl groups is 1. The fraction of sp³-hybridized carbons (Fsp3) is 0.375. The van der Waals surface area contributed by atoms with Crippen molar-refractivity contribution in [1.82, 2.24) is 24.8 Å². The maximum absolute atomic E-state index is 14.0. The summed E-state index contributed by atoms with van der Waals surface area (Å²) < 4.78 is 37.6. The molecular formula is C40H46N6O9S2. The molecule has 302 valence electrons. The molecule has 2 aromatic heterocycles. The third-order valence-electron chi connectivity index (χ3n) is 9.19. The SMILES string of the molecule is COc1ccc(C(OCC2OC(n3cnc4c(N)ncnc43)C(OC(=O)[C@H](CSSC)NC(=O)OC(C)(C)C)C2O)(c2ccccc2)c2ccc(OC)cc2)cc1. The molecule has 4 N–H and O–H groups in total. The van der Waals surface area contributed by atoms with Crippen molar-refractivity contribution in [3.8, 4) is 11.5 Å². The highest BCUT2D eigenvalue weighted by molar-refractivity contribution is 8.76. The molecule has 1 amide bonds. The van der Waals surface area contributed by atoms with Crippen molar-refractivity contribution in [2.24, 2.45) is 0 Å². The van der Waals surface area contributed by atoms with E-state index in [4.69, 9.17) is 34.2 Å². The van der Waals surface area contributed by atoms with Gasteiger partial charge >= 0.3 is 12.1 Å². The highest BCUT2D eigenvalue weighted by atomic mass is 33.1. The monoisotopic (exact) mass is 818 g/mol. The first-order valence-electron chi connectivity index (χ1n) is 18.0.